The molecule has 1 aromatic rings. The molecule has 0 radical (unpaired) electrons. The van der Waals surface area contributed by atoms with Gasteiger partial charge in [-0.25, -0.2) is 0 Å². The van der Waals surface area contributed by atoms with E-state index in [1.165, 1.54) is 22.6 Å². The van der Waals surface area contributed by atoms with Crippen molar-refractivity contribution < 1.29 is 22.3 Å². The molecule has 0 bridgehead atoms. The summed E-state index contributed by atoms with van der Waals surface area (Å²) in [6, 6.07) is 0.796. The van der Waals surface area contributed by atoms with Gasteiger partial charge in [0.2, 0.25) is 5.95 Å². The van der Waals surface area contributed by atoms with E-state index in [1.54, 1.807) is 4.98 Å². The van der Waals surface area contributed by atoms with Crippen LogP contribution in [0.1, 0.15) is 0 Å². The number of halogens is 5. The van der Waals surface area contributed by atoms with Gasteiger partial charge < -0.3 is 4.74 Å². The molecule has 0 unspecified atom stereocenters. The molecule has 0 atom stereocenters. The lowest BCUT2D eigenvalue weighted by atomic mass is 10.4. The Hall–Kier alpha value is -0.800. The second-order valence-corrected chi connectivity index (χ2v) is 3.33. The molecule has 0 spiro atoms. The fraction of sp³-hybridized carbons (Fsp3) is 0.167. The summed E-state index contributed by atoms with van der Waals surface area (Å²) in [5.74, 6) is -2.48. The Kier molecular flexibility index (Phi) is 3.02. The van der Waals surface area contributed by atoms with Gasteiger partial charge in [-0.1, -0.05) is 0 Å². The predicted octanol–water partition coefficient (Wildman–Crippen LogP) is 2.02. The highest BCUT2D eigenvalue weighted by atomic mass is 127. The van der Waals surface area contributed by atoms with Crippen molar-refractivity contribution in [2.45, 2.75) is 6.36 Å². The van der Waals surface area contributed by atoms with Crippen molar-refractivity contribution in [3.63, 3.8) is 0 Å². The van der Waals surface area contributed by atoms with Crippen molar-refractivity contribution >= 4 is 22.6 Å². The average molecular weight is 323 g/mol. The topological polar surface area (TPSA) is 42.1 Å². The van der Waals surface area contributed by atoms with E-state index in [0.717, 1.165) is 6.07 Å². The van der Waals surface area contributed by atoms with Gasteiger partial charge in [-0.05, 0) is 22.6 Å². The van der Waals surface area contributed by atoms with Crippen LogP contribution in [0.15, 0.2) is 10.9 Å². The van der Waals surface area contributed by atoms with Crippen LogP contribution >= 0.6 is 22.6 Å². The zero-order chi connectivity index (χ0) is 10.9. The molecule has 1 rings (SSSR count). The Balaban J connectivity index is 3.16. The van der Waals surface area contributed by atoms with E-state index in [2.05, 4.69) is 4.74 Å². The van der Waals surface area contributed by atoms with Crippen LogP contribution < -0.4 is 10.3 Å². The number of aromatic amines is 1. The molecule has 0 fully saturated rings. The van der Waals surface area contributed by atoms with Gasteiger partial charge in [-0.3, -0.25) is 9.78 Å². The number of nitrogens with one attached hydrogen (secondary N) is 1. The van der Waals surface area contributed by atoms with Gasteiger partial charge in [-0.2, -0.15) is 4.39 Å². The Labute approximate surface area is 88.2 Å². The zero-order valence-corrected chi connectivity index (χ0v) is 8.44. The Morgan fingerprint density at radius 2 is 2.00 bits per heavy atom. The van der Waals surface area contributed by atoms with Crippen LogP contribution in [-0.2, 0) is 0 Å². The maximum atomic E-state index is 12.8. The van der Waals surface area contributed by atoms with Crippen molar-refractivity contribution in [1.82, 2.24) is 4.98 Å². The van der Waals surface area contributed by atoms with Gasteiger partial charge in [0, 0.05) is 6.07 Å². The molecule has 0 aliphatic heterocycles. The summed E-state index contributed by atoms with van der Waals surface area (Å²) in [6.45, 7) is 0. The van der Waals surface area contributed by atoms with E-state index in [1.807, 2.05) is 0 Å². The summed E-state index contributed by atoms with van der Waals surface area (Å²) in [5, 5.41) is 0. The highest BCUT2D eigenvalue weighted by molar-refractivity contribution is 14.1. The monoisotopic (exact) mass is 323 g/mol. The lowest BCUT2D eigenvalue weighted by molar-refractivity contribution is -0.276. The number of rotatable bonds is 1. The van der Waals surface area contributed by atoms with Gasteiger partial charge in [0.15, 0.2) is 5.75 Å². The van der Waals surface area contributed by atoms with Gasteiger partial charge in [-0.15, -0.1) is 13.2 Å². The van der Waals surface area contributed by atoms with Gasteiger partial charge >= 0.3 is 6.36 Å². The number of H-pyrrole nitrogens is 1. The Bertz CT molecular complexity index is 374. The predicted molar refractivity (Wildman–Crippen MR) is 46.4 cm³/mol. The summed E-state index contributed by atoms with van der Waals surface area (Å²) >= 11 is 1.37. The van der Waals surface area contributed by atoms with Crippen molar-refractivity contribution in [3.05, 3.63) is 25.9 Å². The second-order valence-electron chi connectivity index (χ2n) is 2.17. The summed E-state index contributed by atoms with van der Waals surface area (Å²) in [6.07, 6.45) is -4.99. The van der Waals surface area contributed by atoms with Gasteiger partial charge in [0.25, 0.3) is 5.56 Å². The molecule has 0 aliphatic rings. The van der Waals surface area contributed by atoms with E-state index < -0.39 is 23.6 Å². The minimum atomic E-state index is -4.99. The van der Waals surface area contributed by atoms with Crippen LogP contribution in [0.3, 0.4) is 0 Å². The van der Waals surface area contributed by atoms with Crippen LogP contribution in [0.4, 0.5) is 17.6 Å². The Morgan fingerprint density at radius 1 is 1.43 bits per heavy atom. The summed E-state index contributed by atoms with van der Waals surface area (Å²) in [4.78, 5) is 12.1. The highest BCUT2D eigenvalue weighted by Crippen LogP contribution is 2.27. The first kappa shape index (κ1) is 11.3. The molecule has 0 amide bonds. The van der Waals surface area contributed by atoms with Crippen LogP contribution in [0.2, 0.25) is 0 Å². The van der Waals surface area contributed by atoms with E-state index in [0.29, 0.717) is 0 Å². The summed E-state index contributed by atoms with van der Waals surface area (Å²) in [5.41, 5.74) is -0.832. The smallest absolute Gasteiger partial charge is 0.400 e. The zero-order valence-electron chi connectivity index (χ0n) is 6.28. The molecule has 1 N–H and O–H groups in total. The minimum Gasteiger partial charge on any atom is -0.400 e. The molecule has 14 heavy (non-hydrogen) atoms. The lowest BCUT2D eigenvalue weighted by Crippen LogP contribution is -2.21. The third kappa shape index (κ3) is 2.86. The highest BCUT2D eigenvalue weighted by Gasteiger charge is 2.33. The molecule has 1 aromatic heterocycles. The lowest BCUT2D eigenvalue weighted by Gasteiger charge is -2.10. The molecule has 0 aromatic carbocycles. The van der Waals surface area contributed by atoms with E-state index >= 15 is 0 Å². The average Bonchev–Trinajstić information content (AvgIpc) is 1.95. The second kappa shape index (κ2) is 3.75. The number of pyridine rings is 1. The van der Waals surface area contributed by atoms with E-state index in [4.69, 9.17) is 0 Å². The van der Waals surface area contributed by atoms with Crippen LogP contribution in [0.5, 0.6) is 5.75 Å². The number of alkyl halides is 3. The van der Waals surface area contributed by atoms with Crippen molar-refractivity contribution in [2.75, 3.05) is 0 Å². The fourth-order valence-corrected chi connectivity index (χ4v) is 1.33. The molecular weight excluding hydrogens is 321 g/mol. The maximum absolute atomic E-state index is 12.8. The number of ether oxygens (including phenoxy) is 1. The number of hydrogen-bond donors (Lipinski definition) is 1. The van der Waals surface area contributed by atoms with Crippen LogP contribution in [0.25, 0.3) is 0 Å². The first-order chi connectivity index (χ1) is 6.29. The van der Waals surface area contributed by atoms with Gasteiger partial charge in [0.1, 0.15) is 0 Å². The summed E-state index contributed by atoms with van der Waals surface area (Å²) in [7, 11) is 0. The molecule has 0 aliphatic carbocycles. The SMILES string of the molecule is O=c1cc(I)c(OC(F)(F)F)c(F)[nH]1. The fourth-order valence-electron chi connectivity index (χ4n) is 0.696. The standard InChI is InChI=1S/C6H2F4INO2/c7-5-4(14-6(8,9)10)2(11)1-3(13)12-5/h1H,(H,12,13). The Morgan fingerprint density at radius 3 is 2.43 bits per heavy atom. The third-order valence-electron chi connectivity index (χ3n) is 1.12. The summed E-state index contributed by atoms with van der Waals surface area (Å²) < 4.78 is 51.0. The van der Waals surface area contributed by atoms with Crippen molar-refractivity contribution in [2.24, 2.45) is 0 Å². The number of hydrogen-bond acceptors (Lipinski definition) is 2. The van der Waals surface area contributed by atoms with Gasteiger partial charge in [0.05, 0.1) is 3.57 Å². The molecule has 0 saturated carbocycles. The minimum absolute atomic E-state index is 0.249. The first-order valence-corrected chi connectivity index (χ1v) is 4.21. The molecule has 8 heteroatoms. The van der Waals surface area contributed by atoms with Crippen molar-refractivity contribution in [1.29, 1.82) is 0 Å². The molecule has 3 nitrogen and oxygen atoms in total. The largest absolute Gasteiger partial charge is 0.573 e. The van der Waals surface area contributed by atoms with Crippen LogP contribution in [-0.4, -0.2) is 11.3 Å². The van der Waals surface area contributed by atoms with Crippen LogP contribution in [0, 0.1) is 9.52 Å². The third-order valence-corrected chi connectivity index (χ3v) is 1.93. The maximum Gasteiger partial charge on any atom is 0.573 e. The molecule has 0 saturated heterocycles. The quantitative estimate of drug-likeness (QED) is 0.488. The van der Waals surface area contributed by atoms with E-state index in [-0.39, 0.29) is 3.57 Å². The molecule has 1 heterocycles. The first-order valence-electron chi connectivity index (χ1n) is 3.13. The molecular formula is C6H2F4INO2. The van der Waals surface area contributed by atoms with E-state index in [9.17, 15) is 22.4 Å². The van der Waals surface area contributed by atoms with Crippen molar-refractivity contribution in [3.8, 4) is 5.75 Å². The molecule has 78 valence electrons. The number of aromatic nitrogens is 1. The normalized spacial score (nSPS) is 11.5.